The largest absolute Gasteiger partial charge is 0.468 e. The molecule has 2 heterocycles. The first-order valence-corrected chi connectivity index (χ1v) is 8.69. The van der Waals surface area contributed by atoms with E-state index in [1.54, 1.807) is 6.26 Å². The fraction of sp³-hybridized carbons (Fsp3) is 0.368. The summed E-state index contributed by atoms with van der Waals surface area (Å²) in [6.07, 6.45) is 1.61. The highest BCUT2D eigenvalue weighted by atomic mass is 16.5. The maximum absolute atomic E-state index is 12.1. The van der Waals surface area contributed by atoms with Gasteiger partial charge >= 0.3 is 11.8 Å². The van der Waals surface area contributed by atoms with Crippen LogP contribution in [0.5, 0.6) is 0 Å². The number of morpholine rings is 1. The highest BCUT2D eigenvalue weighted by molar-refractivity contribution is 6.35. The lowest BCUT2D eigenvalue weighted by Crippen LogP contribution is -2.46. The first-order valence-electron chi connectivity index (χ1n) is 8.69. The summed E-state index contributed by atoms with van der Waals surface area (Å²) < 4.78 is 10.9. The van der Waals surface area contributed by atoms with Gasteiger partial charge in [-0.25, -0.2) is 0 Å². The molecule has 0 bridgehead atoms. The monoisotopic (exact) mass is 357 g/mol. The highest BCUT2D eigenvalue weighted by Gasteiger charge is 2.26. The molecule has 7 heteroatoms. The van der Waals surface area contributed by atoms with Crippen molar-refractivity contribution in [3.63, 3.8) is 0 Å². The van der Waals surface area contributed by atoms with E-state index in [0.29, 0.717) is 26.3 Å². The molecule has 1 aromatic heterocycles. The number of benzene rings is 1. The molecule has 1 atom stereocenters. The second-order valence-corrected chi connectivity index (χ2v) is 6.06. The van der Waals surface area contributed by atoms with Crippen molar-refractivity contribution >= 4 is 11.8 Å². The molecule has 26 heavy (non-hydrogen) atoms. The summed E-state index contributed by atoms with van der Waals surface area (Å²) >= 11 is 0. The number of rotatable bonds is 6. The van der Waals surface area contributed by atoms with Crippen molar-refractivity contribution in [1.82, 2.24) is 15.5 Å². The lowest BCUT2D eigenvalue weighted by atomic mass is 10.1. The molecule has 7 nitrogen and oxygen atoms in total. The van der Waals surface area contributed by atoms with Crippen molar-refractivity contribution in [2.24, 2.45) is 0 Å². The Balaban J connectivity index is 1.52. The molecule has 1 aromatic carbocycles. The smallest absolute Gasteiger partial charge is 0.309 e. The van der Waals surface area contributed by atoms with Gasteiger partial charge in [-0.3, -0.25) is 14.5 Å². The van der Waals surface area contributed by atoms with Crippen molar-refractivity contribution in [3.05, 3.63) is 60.1 Å². The van der Waals surface area contributed by atoms with Gasteiger partial charge in [0.05, 0.1) is 25.5 Å². The molecule has 2 N–H and O–H groups in total. The Labute approximate surface area is 152 Å². The van der Waals surface area contributed by atoms with E-state index >= 15 is 0 Å². The van der Waals surface area contributed by atoms with Crippen molar-refractivity contribution in [2.45, 2.75) is 12.6 Å². The minimum Gasteiger partial charge on any atom is -0.468 e. The van der Waals surface area contributed by atoms with Gasteiger partial charge in [-0.05, 0) is 17.7 Å². The van der Waals surface area contributed by atoms with E-state index in [1.807, 2.05) is 42.5 Å². The van der Waals surface area contributed by atoms with Crippen LogP contribution in [0.2, 0.25) is 0 Å². The van der Waals surface area contributed by atoms with Gasteiger partial charge in [0.25, 0.3) is 0 Å². The average Bonchev–Trinajstić information content (AvgIpc) is 3.22. The number of hydrogen-bond acceptors (Lipinski definition) is 5. The van der Waals surface area contributed by atoms with Crippen LogP contribution in [0.25, 0.3) is 0 Å². The first kappa shape index (κ1) is 18.2. The van der Waals surface area contributed by atoms with Crippen LogP contribution in [0.3, 0.4) is 0 Å². The third kappa shape index (κ3) is 4.93. The Hall–Kier alpha value is -2.64. The predicted molar refractivity (Wildman–Crippen MR) is 95.1 cm³/mol. The molecule has 0 spiro atoms. The Morgan fingerprint density at radius 1 is 1.00 bits per heavy atom. The summed E-state index contributed by atoms with van der Waals surface area (Å²) in [5.74, 6) is -0.531. The number of hydrogen-bond donors (Lipinski definition) is 2. The Morgan fingerprint density at radius 2 is 1.73 bits per heavy atom. The quantitative estimate of drug-likeness (QED) is 0.756. The molecule has 1 aliphatic heterocycles. The van der Waals surface area contributed by atoms with E-state index in [9.17, 15) is 9.59 Å². The fourth-order valence-corrected chi connectivity index (χ4v) is 2.91. The second kappa shape index (κ2) is 9.17. The molecule has 1 fully saturated rings. The van der Waals surface area contributed by atoms with Gasteiger partial charge in [-0.15, -0.1) is 0 Å². The molecule has 1 aliphatic rings. The van der Waals surface area contributed by atoms with E-state index in [4.69, 9.17) is 9.15 Å². The normalized spacial score (nSPS) is 16.0. The number of nitrogens with zero attached hydrogens (tertiary/aromatic N) is 1. The van der Waals surface area contributed by atoms with Gasteiger partial charge in [0.1, 0.15) is 5.76 Å². The van der Waals surface area contributed by atoms with E-state index in [2.05, 4.69) is 15.5 Å². The zero-order valence-electron chi connectivity index (χ0n) is 14.5. The van der Waals surface area contributed by atoms with E-state index in [-0.39, 0.29) is 6.04 Å². The first-order chi connectivity index (χ1) is 12.7. The number of furan rings is 1. The lowest BCUT2D eigenvalue weighted by Gasteiger charge is -2.33. The Bertz CT molecular complexity index is 697. The molecule has 2 aromatic rings. The SMILES string of the molecule is O=C(NCc1ccccc1)C(=O)NC[C@H](c1ccco1)N1CCOCC1. The maximum atomic E-state index is 12.1. The third-order valence-corrected chi connectivity index (χ3v) is 4.32. The van der Waals surface area contributed by atoms with Crippen LogP contribution in [0, 0.1) is 0 Å². The standard InChI is InChI=1S/C19H23N3O4/c23-18(20-13-15-5-2-1-3-6-15)19(24)21-14-16(17-7-4-10-26-17)22-8-11-25-12-9-22/h1-7,10,16H,8-9,11-14H2,(H,20,23)(H,21,24)/t16-/m1/s1. The third-order valence-electron chi connectivity index (χ3n) is 4.32. The van der Waals surface area contributed by atoms with Crippen LogP contribution in [0.4, 0.5) is 0 Å². The van der Waals surface area contributed by atoms with Crippen molar-refractivity contribution < 1.29 is 18.7 Å². The van der Waals surface area contributed by atoms with Crippen LogP contribution in [-0.4, -0.2) is 49.6 Å². The fourth-order valence-electron chi connectivity index (χ4n) is 2.91. The summed E-state index contributed by atoms with van der Waals surface area (Å²) in [4.78, 5) is 26.3. The molecule has 0 saturated carbocycles. The van der Waals surface area contributed by atoms with E-state index in [1.165, 1.54) is 0 Å². The topological polar surface area (TPSA) is 83.8 Å². The number of ether oxygens (including phenoxy) is 1. The molecule has 0 unspecified atom stereocenters. The number of carbonyl (C=O) groups is 2. The van der Waals surface area contributed by atoms with Gasteiger partial charge in [0, 0.05) is 26.2 Å². The summed E-state index contributed by atoms with van der Waals surface area (Å²) in [5.41, 5.74) is 0.940. The molecule has 0 aliphatic carbocycles. The predicted octanol–water partition coefficient (Wildman–Crippen LogP) is 1.09. The highest BCUT2D eigenvalue weighted by Crippen LogP contribution is 2.21. The van der Waals surface area contributed by atoms with Crippen molar-refractivity contribution in [2.75, 3.05) is 32.8 Å². The molecule has 138 valence electrons. The second-order valence-electron chi connectivity index (χ2n) is 6.06. The molecular weight excluding hydrogens is 334 g/mol. The van der Waals surface area contributed by atoms with Gasteiger partial charge < -0.3 is 19.8 Å². The van der Waals surface area contributed by atoms with Crippen LogP contribution >= 0.6 is 0 Å². The molecule has 0 radical (unpaired) electrons. The minimum absolute atomic E-state index is 0.125. The number of amides is 2. The number of carbonyl (C=O) groups excluding carboxylic acids is 2. The Kier molecular flexibility index (Phi) is 6.40. The maximum Gasteiger partial charge on any atom is 0.309 e. The average molecular weight is 357 g/mol. The summed E-state index contributed by atoms with van der Waals surface area (Å²) in [6, 6.07) is 13.0. The zero-order chi connectivity index (χ0) is 18.2. The lowest BCUT2D eigenvalue weighted by molar-refractivity contribution is -0.139. The molecule has 1 saturated heterocycles. The summed E-state index contributed by atoms with van der Waals surface area (Å²) in [7, 11) is 0. The van der Waals surface area contributed by atoms with Gasteiger partial charge in [-0.2, -0.15) is 0 Å². The minimum atomic E-state index is -0.647. The van der Waals surface area contributed by atoms with E-state index < -0.39 is 11.8 Å². The van der Waals surface area contributed by atoms with Crippen LogP contribution in [-0.2, 0) is 20.9 Å². The molecular formula is C19H23N3O4. The van der Waals surface area contributed by atoms with Crippen LogP contribution in [0.15, 0.2) is 53.1 Å². The molecule has 2 amide bonds. The zero-order valence-corrected chi connectivity index (χ0v) is 14.5. The van der Waals surface area contributed by atoms with Gasteiger partial charge in [0.15, 0.2) is 0 Å². The van der Waals surface area contributed by atoms with Gasteiger partial charge in [-0.1, -0.05) is 30.3 Å². The summed E-state index contributed by atoms with van der Waals surface area (Å²) in [5, 5.41) is 5.34. The van der Waals surface area contributed by atoms with Crippen LogP contribution < -0.4 is 10.6 Å². The Morgan fingerprint density at radius 3 is 2.42 bits per heavy atom. The van der Waals surface area contributed by atoms with E-state index in [0.717, 1.165) is 24.4 Å². The summed E-state index contributed by atoms with van der Waals surface area (Å²) in [6.45, 7) is 3.40. The van der Waals surface area contributed by atoms with Crippen molar-refractivity contribution in [1.29, 1.82) is 0 Å². The molecule has 3 rings (SSSR count). The van der Waals surface area contributed by atoms with Crippen molar-refractivity contribution in [3.8, 4) is 0 Å². The van der Waals surface area contributed by atoms with Gasteiger partial charge in [0.2, 0.25) is 0 Å². The number of nitrogens with one attached hydrogen (secondary N) is 2. The van der Waals surface area contributed by atoms with Crippen LogP contribution in [0.1, 0.15) is 17.4 Å².